The van der Waals surface area contributed by atoms with Crippen molar-refractivity contribution < 1.29 is 32.5 Å². The number of carboxylic acid groups (broad SMARTS) is 1. The van der Waals surface area contributed by atoms with E-state index in [4.69, 9.17) is 9.47 Å². The predicted molar refractivity (Wildman–Crippen MR) is 151 cm³/mol. The van der Waals surface area contributed by atoms with Crippen LogP contribution in [0.3, 0.4) is 0 Å². The predicted octanol–water partition coefficient (Wildman–Crippen LogP) is 5.78. The van der Waals surface area contributed by atoms with Crippen molar-refractivity contribution in [3.8, 4) is 11.6 Å². The molecule has 0 amide bonds. The van der Waals surface area contributed by atoms with Gasteiger partial charge in [-0.2, -0.15) is 26.7 Å². The number of carbonyl (C=O) groups is 1. The van der Waals surface area contributed by atoms with E-state index in [0.717, 1.165) is 37.7 Å². The van der Waals surface area contributed by atoms with Crippen molar-refractivity contribution in [2.75, 3.05) is 44.8 Å². The highest BCUT2D eigenvalue weighted by Gasteiger charge is 2.47. The Balaban J connectivity index is 0.00000370. The fourth-order valence-electron chi connectivity index (χ4n) is 5.86. The average molecular weight is 582 g/mol. The SMILES string of the molecule is COc1ccc(C(N2CCC2)C(F)(F)F)c(N2CCC(COc3cc([C@@H](CC(=O)O)C4CC4)ccn3)CC2)c1.S. The van der Waals surface area contributed by atoms with Crippen molar-refractivity contribution in [1.82, 2.24) is 9.88 Å². The van der Waals surface area contributed by atoms with Crippen LogP contribution in [0.1, 0.15) is 61.6 Å². The highest BCUT2D eigenvalue weighted by atomic mass is 32.1. The largest absolute Gasteiger partial charge is 0.497 e. The first-order chi connectivity index (χ1) is 18.7. The zero-order chi connectivity index (χ0) is 27.6. The summed E-state index contributed by atoms with van der Waals surface area (Å²) < 4.78 is 53.9. The molecule has 2 aromatic rings. The summed E-state index contributed by atoms with van der Waals surface area (Å²) in [7, 11) is 1.52. The maximum Gasteiger partial charge on any atom is 0.408 e. The van der Waals surface area contributed by atoms with E-state index in [1.165, 1.54) is 12.0 Å². The molecule has 2 aliphatic heterocycles. The Bertz CT molecular complexity index is 1150. The molecule has 7 nitrogen and oxygen atoms in total. The van der Waals surface area contributed by atoms with Gasteiger partial charge in [-0.25, -0.2) is 4.98 Å². The number of benzene rings is 1. The number of halogens is 3. The number of likely N-dealkylation sites (tertiary alicyclic amines) is 1. The second-order valence-corrected chi connectivity index (χ2v) is 11.0. The molecule has 3 fully saturated rings. The summed E-state index contributed by atoms with van der Waals surface area (Å²) in [4.78, 5) is 19.2. The van der Waals surface area contributed by atoms with Gasteiger partial charge in [-0.05, 0) is 67.6 Å². The molecule has 40 heavy (non-hydrogen) atoms. The standard InChI is InChI=1S/C29H36F3N3O4.H2S/c1-38-22-5-6-23(28(29(30,31)32)35-11-2-12-35)25(16-22)34-13-8-19(9-14-34)18-39-26-15-21(7-10-33-26)24(17-27(36)37)20-3-4-20;/h5-7,10,15-16,19-20,24,28H,2-4,8-9,11-14,17-18H2,1H3,(H,36,37);1H2/t24-,28?;/m0./s1. The van der Waals surface area contributed by atoms with Crippen LogP contribution in [0.25, 0.3) is 0 Å². The molecule has 3 aliphatic rings. The molecule has 11 heteroatoms. The van der Waals surface area contributed by atoms with E-state index in [1.54, 1.807) is 24.4 Å². The van der Waals surface area contributed by atoms with Gasteiger partial charge in [0.1, 0.15) is 11.8 Å². The van der Waals surface area contributed by atoms with Crippen molar-refractivity contribution in [2.45, 2.75) is 56.7 Å². The van der Waals surface area contributed by atoms with Crippen molar-refractivity contribution >= 4 is 25.2 Å². The third kappa shape index (κ3) is 7.15. The lowest BCUT2D eigenvalue weighted by atomic mass is 9.92. The molecule has 0 radical (unpaired) electrons. The van der Waals surface area contributed by atoms with E-state index in [-0.39, 0.29) is 37.3 Å². The van der Waals surface area contributed by atoms with Crippen molar-refractivity contribution in [3.63, 3.8) is 0 Å². The van der Waals surface area contributed by atoms with E-state index in [1.807, 2.05) is 17.0 Å². The molecular weight excluding hydrogens is 543 g/mol. The van der Waals surface area contributed by atoms with E-state index >= 15 is 0 Å². The Morgan fingerprint density at radius 1 is 1.10 bits per heavy atom. The molecule has 1 unspecified atom stereocenters. The van der Waals surface area contributed by atoms with Gasteiger partial charge in [-0.1, -0.05) is 6.07 Å². The second kappa shape index (κ2) is 12.9. The molecule has 2 atom stereocenters. The highest BCUT2D eigenvalue weighted by molar-refractivity contribution is 7.59. The van der Waals surface area contributed by atoms with Gasteiger partial charge in [-0.3, -0.25) is 9.69 Å². The third-order valence-corrected chi connectivity index (χ3v) is 8.29. The minimum absolute atomic E-state index is 0. The maximum atomic E-state index is 14.2. The molecule has 0 bridgehead atoms. The lowest BCUT2D eigenvalue weighted by Gasteiger charge is -2.42. The molecule has 0 spiro atoms. The molecule has 1 saturated carbocycles. The zero-order valence-electron chi connectivity index (χ0n) is 22.7. The number of piperidine rings is 1. The van der Waals surface area contributed by atoms with Crippen molar-refractivity contribution in [2.24, 2.45) is 11.8 Å². The summed E-state index contributed by atoms with van der Waals surface area (Å²) in [6.45, 7) is 2.59. The van der Waals surface area contributed by atoms with Crippen LogP contribution in [-0.2, 0) is 4.79 Å². The molecule has 1 aromatic carbocycles. The number of hydrogen-bond donors (Lipinski definition) is 1. The zero-order valence-corrected chi connectivity index (χ0v) is 23.7. The number of aliphatic carboxylic acids is 1. The van der Waals surface area contributed by atoms with Crippen LogP contribution in [0, 0.1) is 11.8 Å². The first-order valence-electron chi connectivity index (χ1n) is 13.8. The van der Waals surface area contributed by atoms with Crippen LogP contribution in [-0.4, -0.2) is 67.0 Å². The fraction of sp³-hybridized carbons (Fsp3) is 0.586. The number of hydrogen-bond acceptors (Lipinski definition) is 6. The van der Waals surface area contributed by atoms with Gasteiger partial charge in [0.2, 0.25) is 5.88 Å². The van der Waals surface area contributed by atoms with E-state index in [0.29, 0.717) is 56.0 Å². The first kappa shape index (κ1) is 30.3. The van der Waals surface area contributed by atoms with Gasteiger partial charge in [-0.15, -0.1) is 0 Å². The number of rotatable bonds is 11. The number of anilines is 1. The molecule has 1 N–H and O–H groups in total. The van der Waals surface area contributed by atoms with Gasteiger partial charge in [0.15, 0.2) is 0 Å². The van der Waals surface area contributed by atoms with Crippen LogP contribution in [0.2, 0.25) is 0 Å². The normalized spacial score (nSPS) is 19.8. The summed E-state index contributed by atoms with van der Waals surface area (Å²) in [5, 5.41) is 9.31. The summed E-state index contributed by atoms with van der Waals surface area (Å²) in [5.41, 5.74) is 1.82. The number of nitrogens with zero attached hydrogens (tertiary/aromatic N) is 3. The fourth-order valence-corrected chi connectivity index (χ4v) is 5.86. The average Bonchev–Trinajstić information content (AvgIpc) is 3.73. The molecule has 2 saturated heterocycles. The molecule has 220 valence electrons. The van der Waals surface area contributed by atoms with Crippen LogP contribution >= 0.6 is 13.5 Å². The Kier molecular flexibility index (Phi) is 9.76. The molecule has 3 heterocycles. The summed E-state index contributed by atoms with van der Waals surface area (Å²) >= 11 is 0. The number of alkyl halides is 3. The quantitative estimate of drug-likeness (QED) is 0.361. The highest BCUT2D eigenvalue weighted by Crippen LogP contribution is 2.46. The van der Waals surface area contributed by atoms with Crippen molar-refractivity contribution in [3.05, 3.63) is 47.7 Å². The summed E-state index contributed by atoms with van der Waals surface area (Å²) in [6.07, 6.45) is 1.84. The topological polar surface area (TPSA) is 75.1 Å². The molecular formula is C29H38F3N3O4S. The van der Waals surface area contributed by atoms with Gasteiger partial charge in [0, 0.05) is 55.8 Å². The van der Waals surface area contributed by atoms with E-state index < -0.39 is 18.2 Å². The lowest BCUT2D eigenvalue weighted by molar-refractivity contribution is -0.195. The minimum Gasteiger partial charge on any atom is -0.497 e. The number of ether oxygens (including phenoxy) is 2. The van der Waals surface area contributed by atoms with E-state index in [2.05, 4.69) is 4.98 Å². The Hall–Kier alpha value is -2.66. The van der Waals surface area contributed by atoms with Crippen LogP contribution in [0.5, 0.6) is 11.6 Å². The molecule has 1 aliphatic carbocycles. The summed E-state index contributed by atoms with van der Waals surface area (Å²) in [6, 6.07) is 7.02. The number of methoxy groups -OCH3 is 1. The van der Waals surface area contributed by atoms with Crippen LogP contribution in [0.15, 0.2) is 36.5 Å². The Morgan fingerprint density at radius 2 is 1.82 bits per heavy atom. The van der Waals surface area contributed by atoms with Gasteiger partial charge in [0.05, 0.1) is 20.1 Å². The number of carboxylic acids is 1. The van der Waals surface area contributed by atoms with Gasteiger partial charge in [0.25, 0.3) is 0 Å². The summed E-state index contributed by atoms with van der Waals surface area (Å²) in [5.74, 6) is 0.854. The monoisotopic (exact) mass is 581 g/mol. The van der Waals surface area contributed by atoms with E-state index in [9.17, 15) is 23.1 Å². The Morgan fingerprint density at radius 3 is 2.40 bits per heavy atom. The molecule has 1 aromatic heterocycles. The number of aromatic nitrogens is 1. The van der Waals surface area contributed by atoms with Crippen LogP contribution < -0.4 is 14.4 Å². The second-order valence-electron chi connectivity index (χ2n) is 11.0. The third-order valence-electron chi connectivity index (χ3n) is 8.29. The lowest BCUT2D eigenvalue weighted by Crippen LogP contribution is -2.47. The van der Waals surface area contributed by atoms with Gasteiger partial charge < -0.3 is 19.5 Å². The Labute approximate surface area is 240 Å². The molecule has 5 rings (SSSR count). The minimum atomic E-state index is -4.36. The number of pyridine rings is 1. The maximum absolute atomic E-state index is 14.2. The van der Waals surface area contributed by atoms with Crippen LogP contribution in [0.4, 0.5) is 18.9 Å². The smallest absolute Gasteiger partial charge is 0.408 e. The van der Waals surface area contributed by atoms with Gasteiger partial charge >= 0.3 is 12.1 Å². The van der Waals surface area contributed by atoms with Crippen molar-refractivity contribution in [1.29, 1.82) is 0 Å². The first-order valence-corrected chi connectivity index (χ1v) is 13.8.